The van der Waals surface area contributed by atoms with Crippen molar-refractivity contribution in [1.82, 2.24) is 9.97 Å². The molecule has 0 aliphatic rings. The third-order valence-corrected chi connectivity index (χ3v) is 2.21. The molecule has 2 heterocycles. The number of nitrogens with zero attached hydrogens (tertiary/aromatic N) is 2. The van der Waals surface area contributed by atoms with Crippen molar-refractivity contribution in [2.24, 2.45) is 0 Å². The summed E-state index contributed by atoms with van der Waals surface area (Å²) in [6, 6.07) is 6.21. The monoisotopic (exact) mass is 249 g/mol. The summed E-state index contributed by atoms with van der Waals surface area (Å²) in [6.07, 6.45) is 2.91. The van der Waals surface area contributed by atoms with E-state index in [2.05, 4.69) is 15.3 Å². The maximum atomic E-state index is 10.8. The van der Waals surface area contributed by atoms with Gasteiger partial charge in [0.1, 0.15) is 11.6 Å². The van der Waals surface area contributed by atoms with Gasteiger partial charge in [0.2, 0.25) is 0 Å². The highest BCUT2D eigenvalue weighted by Crippen LogP contribution is 2.15. The Morgan fingerprint density at radius 1 is 1.24 bits per heavy atom. The van der Waals surface area contributed by atoms with Gasteiger partial charge < -0.3 is 10.4 Å². The lowest BCUT2D eigenvalue weighted by Gasteiger charge is -2.04. The summed E-state index contributed by atoms with van der Waals surface area (Å²) in [7, 11) is 0. The molecular weight excluding hydrogens is 242 g/mol. The Hall–Kier alpha value is -2.14. The number of hydrogen-bond acceptors (Lipinski definition) is 4. The molecule has 0 bridgehead atoms. The van der Waals surface area contributed by atoms with E-state index in [1.807, 2.05) is 0 Å². The molecule has 86 valence electrons. The highest BCUT2D eigenvalue weighted by Gasteiger charge is 2.04. The van der Waals surface area contributed by atoms with Crippen molar-refractivity contribution in [3.8, 4) is 0 Å². The number of pyridine rings is 2. The molecule has 0 amide bonds. The van der Waals surface area contributed by atoms with Crippen molar-refractivity contribution in [3.05, 3.63) is 47.2 Å². The van der Waals surface area contributed by atoms with E-state index in [1.54, 1.807) is 12.1 Å². The van der Waals surface area contributed by atoms with E-state index >= 15 is 0 Å². The molecule has 0 spiro atoms. The van der Waals surface area contributed by atoms with Gasteiger partial charge in [0, 0.05) is 12.4 Å². The van der Waals surface area contributed by atoms with Gasteiger partial charge in [0.05, 0.1) is 10.6 Å². The number of anilines is 2. The maximum absolute atomic E-state index is 10.8. The van der Waals surface area contributed by atoms with Crippen LogP contribution in [0.25, 0.3) is 0 Å². The number of carboxylic acid groups (broad SMARTS) is 1. The van der Waals surface area contributed by atoms with E-state index in [9.17, 15) is 4.79 Å². The van der Waals surface area contributed by atoms with Crippen molar-refractivity contribution in [2.75, 3.05) is 5.32 Å². The van der Waals surface area contributed by atoms with Crippen LogP contribution in [0.5, 0.6) is 0 Å². The minimum Gasteiger partial charge on any atom is -0.478 e. The number of carbonyl (C=O) groups is 1. The van der Waals surface area contributed by atoms with Gasteiger partial charge in [-0.1, -0.05) is 11.6 Å². The second kappa shape index (κ2) is 4.80. The number of aromatic nitrogens is 2. The van der Waals surface area contributed by atoms with Crippen molar-refractivity contribution in [2.45, 2.75) is 0 Å². The second-order valence-electron chi connectivity index (χ2n) is 3.22. The summed E-state index contributed by atoms with van der Waals surface area (Å²) in [5.74, 6) is -0.0383. The molecule has 2 aromatic rings. The number of aromatic carboxylic acids is 1. The fourth-order valence-electron chi connectivity index (χ4n) is 1.21. The highest BCUT2D eigenvalue weighted by atomic mass is 35.5. The van der Waals surface area contributed by atoms with Crippen LogP contribution in [0.2, 0.25) is 5.02 Å². The first-order valence-corrected chi connectivity index (χ1v) is 5.11. The summed E-state index contributed by atoms with van der Waals surface area (Å²) in [5, 5.41) is 12.2. The molecular formula is C11H8ClN3O2. The number of nitrogens with one attached hydrogen (secondary N) is 1. The Bertz CT molecular complexity index is 543. The Balaban J connectivity index is 2.21. The normalized spacial score (nSPS) is 9.94. The number of hydrogen-bond donors (Lipinski definition) is 2. The highest BCUT2D eigenvalue weighted by molar-refractivity contribution is 6.30. The summed E-state index contributed by atoms with van der Waals surface area (Å²) in [6.45, 7) is 0. The Morgan fingerprint density at radius 3 is 2.71 bits per heavy atom. The average molecular weight is 250 g/mol. The molecule has 0 saturated heterocycles. The van der Waals surface area contributed by atoms with Crippen LogP contribution in [0, 0.1) is 0 Å². The van der Waals surface area contributed by atoms with Crippen LogP contribution < -0.4 is 5.32 Å². The minimum absolute atomic E-state index is 0.163. The first kappa shape index (κ1) is 11.3. The van der Waals surface area contributed by atoms with E-state index in [0.717, 1.165) is 0 Å². The first-order valence-electron chi connectivity index (χ1n) is 4.73. The van der Waals surface area contributed by atoms with Gasteiger partial charge in [-0.05, 0) is 24.3 Å². The number of rotatable bonds is 3. The fraction of sp³-hybridized carbons (Fsp3) is 0. The van der Waals surface area contributed by atoms with E-state index in [-0.39, 0.29) is 5.56 Å². The summed E-state index contributed by atoms with van der Waals surface area (Å²) in [5.41, 5.74) is 0.163. The van der Waals surface area contributed by atoms with Crippen LogP contribution in [-0.4, -0.2) is 21.0 Å². The van der Waals surface area contributed by atoms with E-state index in [4.69, 9.17) is 16.7 Å². The fourth-order valence-corrected chi connectivity index (χ4v) is 1.32. The molecule has 6 heteroatoms. The molecule has 0 radical (unpaired) electrons. The number of carboxylic acids is 1. The average Bonchev–Trinajstić information content (AvgIpc) is 2.32. The van der Waals surface area contributed by atoms with E-state index in [0.29, 0.717) is 16.7 Å². The molecule has 0 saturated carbocycles. The molecule has 2 aromatic heterocycles. The van der Waals surface area contributed by atoms with Crippen LogP contribution >= 0.6 is 11.6 Å². The third-order valence-electron chi connectivity index (χ3n) is 1.99. The Labute approximate surface area is 102 Å². The second-order valence-corrected chi connectivity index (χ2v) is 3.66. The van der Waals surface area contributed by atoms with E-state index < -0.39 is 5.97 Å². The molecule has 2 rings (SSSR count). The number of halogens is 1. The molecule has 0 aliphatic carbocycles. The lowest BCUT2D eigenvalue weighted by molar-refractivity contribution is 0.0697. The standard InChI is InChI=1S/C11H8ClN3O2/c12-8-1-2-9(14-6-8)15-10-5-7(11(16)17)3-4-13-10/h1-6H,(H,16,17)(H,13,14,15). The quantitative estimate of drug-likeness (QED) is 0.874. The Kier molecular flexibility index (Phi) is 3.20. The molecule has 2 N–H and O–H groups in total. The lowest BCUT2D eigenvalue weighted by Crippen LogP contribution is -2.00. The van der Waals surface area contributed by atoms with Crippen LogP contribution in [-0.2, 0) is 0 Å². The molecule has 0 fully saturated rings. The summed E-state index contributed by atoms with van der Waals surface area (Å²) in [4.78, 5) is 18.8. The Morgan fingerprint density at radius 2 is 2.06 bits per heavy atom. The van der Waals surface area contributed by atoms with Gasteiger partial charge >= 0.3 is 5.97 Å². The van der Waals surface area contributed by atoms with Gasteiger partial charge in [-0.25, -0.2) is 14.8 Å². The molecule has 0 atom stereocenters. The molecule has 5 nitrogen and oxygen atoms in total. The largest absolute Gasteiger partial charge is 0.478 e. The molecule has 17 heavy (non-hydrogen) atoms. The van der Waals surface area contributed by atoms with Gasteiger partial charge in [-0.3, -0.25) is 0 Å². The van der Waals surface area contributed by atoms with Crippen LogP contribution in [0.3, 0.4) is 0 Å². The summed E-state index contributed by atoms with van der Waals surface area (Å²) >= 11 is 5.70. The zero-order valence-corrected chi connectivity index (χ0v) is 9.35. The van der Waals surface area contributed by atoms with Crippen LogP contribution in [0.15, 0.2) is 36.7 Å². The minimum atomic E-state index is -1.00. The van der Waals surface area contributed by atoms with Crippen molar-refractivity contribution >= 4 is 29.2 Å². The van der Waals surface area contributed by atoms with Crippen molar-refractivity contribution in [3.63, 3.8) is 0 Å². The van der Waals surface area contributed by atoms with Crippen LogP contribution in [0.1, 0.15) is 10.4 Å². The summed E-state index contributed by atoms with van der Waals surface area (Å²) < 4.78 is 0. The predicted octanol–water partition coefficient (Wildman–Crippen LogP) is 2.57. The molecule has 0 aromatic carbocycles. The van der Waals surface area contributed by atoms with Crippen LogP contribution in [0.4, 0.5) is 11.6 Å². The molecule has 0 aliphatic heterocycles. The van der Waals surface area contributed by atoms with Gasteiger partial charge in [0.25, 0.3) is 0 Å². The zero-order chi connectivity index (χ0) is 12.3. The van der Waals surface area contributed by atoms with E-state index in [1.165, 1.54) is 24.5 Å². The van der Waals surface area contributed by atoms with Crippen molar-refractivity contribution in [1.29, 1.82) is 0 Å². The first-order chi connectivity index (χ1) is 8.15. The topological polar surface area (TPSA) is 75.1 Å². The lowest BCUT2D eigenvalue weighted by atomic mass is 10.2. The zero-order valence-electron chi connectivity index (χ0n) is 8.59. The maximum Gasteiger partial charge on any atom is 0.335 e. The SMILES string of the molecule is O=C(O)c1ccnc(Nc2ccc(Cl)cn2)c1. The predicted molar refractivity (Wildman–Crippen MR) is 63.7 cm³/mol. The smallest absolute Gasteiger partial charge is 0.335 e. The van der Waals surface area contributed by atoms with Crippen molar-refractivity contribution < 1.29 is 9.90 Å². The van der Waals surface area contributed by atoms with Gasteiger partial charge in [-0.15, -0.1) is 0 Å². The third kappa shape index (κ3) is 2.92. The van der Waals surface area contributed by atoms with Gasteiger partial charge in [-0.2, -0.15) is 0 Å². The molecule has 0 unspecified atom stereocenters. The van der Waals surface area contributed by atoms with Gasteiger partial charge in [0.15, 0.2) is 0 Å².